The first-order chi connectivity index (χ1) is 10.7. The van der Waals surface area contributed by atoms with Gasteiger partial charge in [0, 0.05) is 11.1 Å². The number of hydrogen-bond acceptors (Lipinski definition) is 4. The lowest BCUT2D eigenvalue weighted by Crippen LogP contribution is -2.24. The van der Waals surface area contributed by atoms with Crippen molar-refractivity contribution < 1.29 is 24.2 Å². The average molecular weight is 497 g/mol. The van der Waals surface area contributed by atoms with Gasteiger partial charge in [0.15, 0.2) is 5.82 Å². The summed E-state index contributed by atoms with van der Waals surface area (Å²) in [5, 5.41) is 18.6. The smallest absolute Gasteiger partial charge is 0.342 e. The minimum absolute atomic E-state index is 0.0491. The van der Waals surface area contributed by atoms with Crippen molar-refractivity contribution in [2.24, 2.45) is 0 Å². The molecule has 1 heterocycles. The van der Waals surface area contributed by atoms with Crippen LogP contribution in [0.25, 0.3) is 11.1 Å². The van der Waals surface area contributed by atoms with Crippen LogP contribution in [-0.2, 0) is 0 Å². The minimum Gasteiger partial charge on any atom is -0.478 e. The third kappa shape index (κ3) is 2.95. The number of aromatic nitrogens is 1. The largest absolute Gasteiger partial charge is 0.478 e. The number of aromatic amines is 1. The number of halogens is 3. The zero-order valence-corrected chi connectivity index (χ0v) is 14.7. The summed E-state index contributed by atoms with van der Waals surface area (Å²) in [6.45, 7) is 0. The number of benzene rings is 1. The molecule has 0 aliphatic heterocycles. The molecule has 0 saturated carbocycles. The first-order valence-corrected chi connectivity index (χ1v) is 7.70. The molecule has 0 bridgehead atoms. The van der Waals surface area contributed by atoms with E-state index in [2.05, 4.69) is 15.9 Å². The van der Waals surface area contributed by atoms with E-state index in [9.17, 15) is 29.0 Å². The van der Waals surface area contributed by atoms with Crippen molar-refractivity contribution in [2.45, 2.75) is 0 Å². The van der Waals surface area contributed by atoms with Crippen molar-refractivity contribution in [2.75, 3.05) is 5.73 Å². The maximum atomic E-state index is 14.1. The number of hydrogen-bond donors (Lipinski definition) is 4. The third-order valence-electron chi connectivity index (χ3n) is 2.98. The summed E-state index contributed by atoms with van der Waals surface area (Å²) in [6, 6.07) is 2.59. The quantitative estimate of drug-likeness (QED) is 0.381. The Kier molecular flexibility index (Phi) is 4.75. The maximum absolute atomic E-state index is 14.1. The highest BCUT2D eigenvalue weighted by molar-refractivity contribution is 14.1. The fourth-order valence-corrected chi connectivity index (χ4v) is 3.48. The molecular formula is C13H7BrFIN2O5. The van der Waals surface area contributed by atoms with Gasteiger partial charge in [-0.05, 0) is 44.6 Å². The zero-order chi connectivity index (χ0) is 17.5. The molecule has 1 aromatic heterocycles. The van der Waals surface area contributed by atoms with Crippen molar-refractivity contribution in [1.29, 1.82) is 0 Å². The standard InChI is InChI=1S/C13H7BrFIN2O5/c14-4-2-1-3(9(16)8(4)15)5-6(12(20)21)10(17)18-11(19)7(5)13(22)23/h1-2H,(H,20,21)(H,22,23)(H3,17,18,19). The number of carboxylic acid groups (broad SMARTS) is 2. The van der Waals surface area contributed by atoms with Crippen LogP contribution in [0.15, 0.2) is 21.4 Å². The number of nitrogen functional groups attached to an aromatic ring is 1. The van der Waals surface area contributed by atoms with E-state index in [0.29, 0.717) is 0 Å². The molecule has 0 aliphatic carbocycles. The maximum Gasteiger partial charge on any atom is 0.342 e. The summed E-state index contributed by atoms with van der Waals surface area (Å²) in [4.78, 5) is 36.8. The lowest BCUT2D eigenvalue weighted by atomic mass is 9.95. The summed E-state index contributed by atoms with van der Waals surface area (Å²) in [7, 11) is 0. The second-order valence-corrected chi connectivity index (χ2v) is 6.26. The summed E-state index contributed by atoms with van der Waals surface area (Å²) in [5.41, 5.74) is 2.51. The molecule has 0 atom stereocenters. The lowest BCUT2D eigenvalue weighted by molar-refractivity contribution is 0.0695. The molecule has 2 rings (SSSR count). The van der Waals surface area contributed by atoms with Crippen molar-refractivity contribution in [1.82, 2.24) is 4.98 Å². The molecule has 7 nitrogen and oxygen atoms in total. The molecule has 0 saturated heterocycles. The number of rotatable bonds is 3. The van der Waals surface area contributed by atoms with E-state index in [0.717, 1.165) is 0 Å². The third-order valence-corrected chi connectivity index (χ3v) is 4.64. The van der Waals surface area contributed by atoms with Crippen LogP contribution in [0.5, 0.6) is 0 Å². The summed E-state index contributed by atoms with van der Waals surface area (Å²) in [6.07, 6.45) is 0. The van der Waals surface area contributed by atoms with Crippen LogP contribution in [0, 0.1) is 9.39 Å². The number of aromatic carboxylic acids is 2. The van der Waals surface area contributed by atoms with Gasteiger partial charge in [-0.25, -0.2) is 14.0 Å². The number of nitrogens with one attached hydrogen (secondary N) is 1. The van der Waals surface area contributed by atoms with Gasteiger partial charge in [0.2, 0.25) is 0 Å². The summed E-state index contributed by atoms with van der Waals surface area (Å²) >= 11 is 4.57. The Morgan fingerprint density at radius 3 is 2.30 bits per heavy atom. The van der Waals surface area contributed by atoms with Gasteiger partial charge >= 0.3 is 11.9 Å². The molecule has 0 spiro atoms. The highest BCUT2D eigenvalue weighted by Crippen LogP contribution is 2.35. The topological polar surface area (TPSA) is 133 Å². The Hall–Kier alpha value is -1.95. The van der Waals surface area contributed by atoms with Crippen LogP contribution >= 0.6 is 38.5 Å². The molecule has 1 aromatic carbocycles. The molecule has 0 amide bonds. The molecule has 0 fully saturated rings. The second kappa shape index (κ2) is 6.28. The number of nitrogens with two attached hydrogens (primary N) is 1. The van der Waals surface area contributed by atoms with E-state index in [1.54, 1.807) is 22.6 Å². The fourth-order valence-electron chi connectivity index (χ4n) is 2.04. The molecule has 120 valence electrons. The predicted molar refractivity (Wildman–Crippen MR) is 91.2 cm³/mol. The Morgan fingerprint density at radius 1 is 1.22 bits per heavy atom. The van der Waals surface area contributed by atoms with Crippen LogP contribution < -0.4 is 11.3 Å². The van der Waals surface area contributed by atoms with E-state index in [1.807, 2.05) is 4.98 Å². The van der Waals surface area contributed by atoms with E-state index in [1.165, 1.54) is 12.1 Å². The number of carboxylic acids is 2. The second-order valence-electron chi connectivity index (χ2n) is 4.33. The van der Waals surface area contributed by atoms with E-state index in [-0.39, 0.29) is 13.6 Å². The molecule has 0 aliphatic rings. The predicted octanol–water partition coefficient (Wildman–Crippen LogP) is 2.53. The van der Waals surface area contributed by atoms with Gasteiger partial charge in [-0.15, -0.1) is 0 Å². The van der Waals surface area contributed by atoms with Crippen LogP contribution in [0.1, 0.15) is 20.7 Å². The van der Waals surface area contributed by atoms with Gasteiger partial charge in [-0.2, -0.15) is 0 Å². The lowest BCUT2D eigenvalue weighted by Gasteiger charge is -2.14. The molecule has 23 heavy (non-hydrogen) atoms. The molecule has 0 radical (unpaired) electrons. The number of H-pyrrole nitrogens is 1. The molecule has 0 unspecified atom stereocenters. The molecular weight excluding hydrogens is 490 g/mol. The van der Waals surface area contributed by atoms with E-state index >= 15 is 0 Å². The van der Waals surface area contributed by atoms with Crippen LogP contribution in [0.2, 0.25) is 0 Å². The first-order valence-electron chi connectivity index (χ1n) is 5.83. The molecule has 2 aromatic rings. The summed E-state index contributed by atoms with van der Waals surface area (Å²) in [5.74, 6) is -4.42. The highest BCUT2D eigenvalue weighted by Gasteiger charge is 2.28. The summed E-state index contributed by atoms with van der Waals surface area (Å²) < 4.78 is 14.1. The van der Waals surface area contributed by atoms with Crippen LogP contribution in [0.3, 0.4) is 0 Å². The Labute approximate surface area is 149 Å². The van der Waals surface area contributed by atoms with Crippen LogP contribution in [-0.4, -0.2) is 27.1 Å². The average Bonchev–Trinajstić information content (AvgIpc) is 2.43. The number of anilines is 1. The monoisotopic (exact) mass is 496 g/mol. The molecule has 5 N–H and O–H groups in total. The van der Waals surface area contributed by atoms with E-state index < -0.39 is 45.8 Å². The van der Waals surface area contributed by atoms with Gasteiger partial charge in [-0.1, -0.05) is 6.07 Å². The first kappa shape index (κ1) is 17.4. The minimum atomic E-state index is -1.65. The zero-order valence-electron chi connectivity index (χ0n) is 11.0. The number of pyridine rings is 1. The highest BCUT2D eigenvalue weighted by atomic mass is 127. The normalized spacial score (nSPS) is 10.6. The van der Waals surface area contributed by atoms with Gasteiger partial charge in [0.25, 0.3) is 5.56 Å². The Bertz CT molecular complexity index is 912. The number of carbonyl (C=O) groups is 2. The fraction of sp³-hybridized carbons (Fsp3) is 0. The Balaban J connectivity index is 3.07. The molecule has 10 heteroatoms. The Morgan fingerprint density at radius 2 is 1.78 bits per heavy atom. The van der Waals surface area contributed by atoms with Gasteiger partial charge in [0.1, 0.15) is 16.9 Å². The van der Waals surface area contributed by atoms with Gasteiger partial charge in [-0.3, -0.25) is 4.79 Å². The SMILES string of the molecule is Nc1[nH]c(=O)c(C(=O)O)c(-c2ccc(Br)c(F)c2I)c1C(=O)O. The van der Waals surface area contributed by atoms with Gasteiger partial charge < -0.3 is 20.9 Å². The van der Waals surface area contributed by atoms with Crippen molar-refractivity contribution in [3.05, 3.63) is 47.5 Å². The van der Waals surface area contributed by atoms with Gasteiger partial charge in [0.05, 0.1) is 8.04 Å². The van der Waals surface area contributed by atoms with Crippen molar-refractivity contribution in [3.8, 4) is 11.1 Å². The van der Waals surface area contributed by atoms with E-state index in [4.69, 9.17) is 5.73 Å². The van der Waals surface area contributed by atoms with Crippen molar-refractivity contribution >= 4 is 56.3 Å². The van der Waals surface area contributed by atoms with Crippen LogP contribution in [0.4, 0.5) is 10.2 Å². The van der Waals surface area contributed by atoms with Crippen molar-refractivity contribution in [3.63, 3.8) is 0 Å².